The number of ether oxygens (including phenoxy) is 1. The summed E-state index contributed by atoms with van der Waals surface area (Å²) in [6.07, 6.45) is 0.0332. The Morgan fingerprint density at radius 3 is 2.41 bits per heavy atom. The first-order valence-corrected chi connectivity index (χ1v) is 8.19. The molecule has 0 aliphatic heterocycles. The second-order valence-electron chi connectivity index (χ2n) is 5.80. The average Bonchev–Trinajstić information content (AvgIpc) is 2.38. The lowest BCUT2D eigenvalue weighted by atomic mass is 9.99. The van der Waals surface area contributed by atoms with Gasteiger partial charge in [-0.3, -0.25) is 4.18 Å². The highest BCUT2D eigenvalue weighted by Crippen LogP contribution is 2.15. The molecule has 0 bridgehead atoms. The Morgan fingerprint density at radius 1 is 1.36 bits per heavy atom. The summed E-state index contributed by atoms with van der Waals surface area (Å²) < 4.78 is 32.8. The topological polar surface area (TPSA) is 119 Å². The average molecular weight is 337 g/mol. The van der Waals surface area contributed by atoms with Crippen LogP contribution in [0.4, 0.5) is 4.79 Å². The molecule has 0 aromatic rings. The molecule has 0 aromatic heterocycles. The molecule has 0 aliphatic carbocycles. The second kappa shape index (κ2) is 8.74. The van der Waals surface area contributed by atoms with Crippen molar-refractivity contribution in [3.63, 3.8) is 0 Å². The van der Waals surface area contributed by atoms with E-state index < -0.39 is 34.0 Å². The van der Waals surface area contributed by atoms with Crippen LogP contribution in [0.25, 0.3) is 0 Å². The van der Waals surface area contributed by atoms with E-state index in [1.807, 2.05) is 0 Å². The standard InChI is InChI=1S/C13H23NO7S/c1-5-7-20-12(17)14-10(11(15)16)6-8-22(18,19)21-9-13(2,3)4/h5,10H,1,6-9H2,2-4H3,(H,14,17)(H,15,16). The molecule has 0 fully saturated rings. The Morgan fingerprint density at radius 2 is 1.95 bits per heavy atom. The third-order valence-electron chi connectivity index (χ3n) is 2.25. The zero-order valence-electron chi connectivity index (χ0n) is 13.0. The first-order valence-electron chi connectivity index (χ1n) is 6.61. The second-order valence-corrected chi connectivity index (χ2v) is 7.55. The summed E-state index contributed by atoms with van der Waals surface area (Å²) in [6, 6.07) is -1.38. The Hall–Kier alpha value is -1.61. The zero-order chi connectivity index (χ0) is 17.4. The summed E-state index contributed by atoms with van der Waals surface area (Å²) in [6.45, 7) is 8.66. The molecule has 0 aromatic carbocycles. The van der Waals surface area contributed by atoms with Crippen molar-refractivity contribution in [3.8, 4) is 0 Å². The highest BCUT2D eigenvalue weighted by atomic mass is 32.2. The Bertz CT molecular complexity index is 493. The van der Waals surface area contributed by atoms with Crippen molar-refractivity contribution in [3.05, 3.63) is 12.7 Å². The van der Waals surface area contributed by atoms with E-state index in [0.29, 0.717) is 0 Å². The first-order chi connectivity index (χ1) is 9.97. The minimum Gasteiger partial charge on any atom is -0.480 e. The number of alkyl carbamates (subject to hydrolysis) is 1. The number of hydrogen-bond donors (Lipinski definition) is 2. The van der Waals surface area contributed by atoms with Crippen molar-refractivity contribution >= 4 is 22.2 Å². The molecule has 2 N–H and O–H groups in total. The van der Waals surface area contributed by atoms with E-state index in [1.165, 1.54) is 6.08 Å². The van der Waals surface area contributed by atoms with E-state index in [9.17, 15) is 18.0 Å². The van der Waals surface area contributed by atoms with E-state index in [0.717, 1.165) is 0 Å². The number of carboxylic acid groups (broad SMARTS) is 1. The summed E-state index contributed by atoms with van der Waals surface area (Å²) in [5, 5.41) is 11.0. The van der Waals surface area contributed by atoms with Gasteiger partial charge in [0.1, 0.15) is 12.6 Å². The fraction of sp³-hybridized carbons (Fsp3) is 0.692. The molecule has 1 amide bonds. The molecule has 9 heteroatoms. The number of carbonyl (C=O) groups excluding carboxylic acids is 1. The molecule has 8 nitrogen and oxygen atoms in total. The Balaban J connectivity index is 4.49. The van der Waals surface area contributed by atoms with Crippen molar-refractivity contribution in [2.24, 2.45) is 5.41 Å². The number of aliphatic carboxylic acids is 1. The molecular weight excluding hydrogens is 314 g/mol. The minimum absolute atomic E-state index is 0.0120. The van der Waals surface area contributed by atoms with Crippen LogP contribution in [0.5, 0.6) is 0 Å². The molecule has 1 unspecified atom stereocenters. The van der Waals surface area contributed by atoms with Gasteiger partial charge in [0.05, 0.1) is 12.4 Å². The van der Waals surface area contributed by atoms with Gasteiger partial charge in [-0.05, 0) is 11.8 Å². The number of carboxylic acids is 1. The third-order valence-corrected chi connectivity index (χ3v) is 3.46. The number of hydrogen-bond acceptors (Lipinski definition) is 6. The lowest BCUT2D eigenvalue weighted by Gasteiger charge is -2.18. The van der Waals surface area contributed by atoms with E-state index in [2.05, 4.69) is 16.6 Å². The maximum absolute atomic E-state index is 11.7. The first kappa shape index (κ1) is 20.4. The summed E-state index contributed by atoms with van der Waals surface area (Å²) in [7, 11) is -3.87. The number of amides is 1. The summed E-state index contributed by atoms with van der Waals surface area (Å²) >= 11 is 0. The smallest absolute Gasteiger partial charge is 0.408 e. The number of rotatable bonds is 9. The van der Waals surface area contributed by atoms with E-state index in [4.69, 9.17) is 9.29 Å². The lowest BCUT2D eigenvalue weighted by molar-refractivity contribution is -0.139. The van der Waals surface area contributed by atoms with Crippen LogP contribution in [0, 0.1) is 5.41 Å². The van der Waals surface area contributed by atoms with Crippen LogP contribution >= 0.6 is 0 Å². The van der Waals surface area contributed by atoms with Gasteiger partial charge in [0, 0.05) is 0 Å². The normalized spacial score (nSPS) is 13.2. The van der Waals surface area contributed by atoms with Gasteiger partial charge in [0.15, 0.2) is 0 Å². The van der Waals surface area contributed by atoms with Crippen LogP contribution in [-0.2, 0) is 23.8 Å². The maximum Gasteiger partial charge on any atom is 0.408 e. The monoisotopic (exact) mass is 337 g/mol. The van der Waals surface area contributed by atoms with Crippen LogP contribution in [0.1, 0.15) is 27.2 Å². The molecule has 22 heavy (non-hydrogen) atoms. The van der Waals surface area contributed by atoms with Crippen molar-refractivity contribution in [1.82, 2.24) is 5.32 Å². The molecule has 0 radical (unpaired) electrons. The summed E-state index contributed by atoms with van der Waals surface area (Å²) in [5.74, 6) is -1.89. The van der Waals surface area contributed by atoms with Gasteiger partial charge in [-0.2, -0.15) is 8.42 Å². The highest BCUT2D eigenvalue weighted by Gasteiger charge is 2.25. The van der Waals surface area contributed by atoms with E-state index >= 15 is 0 Å². The fourth-order valence-corrected chi connectivity index (χ4v) is 2.34. The van der Waals surface area contributed by atoms with Crippen LogP contribution < -0.4 is 5.32 Å². The molecule has 128 valence electrons. The molecule has 0 saturated carbocycles. The summed E-state index contributed by atoms with van der Waals surface area (Å²) in [5.41, 5.74) is -0.341. The Kier molecular flexibility index (Phi) is 8.10. The van der Waals surface area contributed by atoms with Gasteiger partial charge in [-0.25, -0.2) is 9.59 Å². The third kappa shape index (κ3) is 10.2. The molecular formula is C13H23NO7S. The van der Waals surface area contributed by atoms with Crippen molar-refractivity contribution in [2.45, 2.75) is 33.2 Å². The molecule has 0 aliphatic rings. The highest BCUT2D eigenvalue weighted by molar-refractivity contribution is 7.86. The van der Waals surface area contributed by atoms with Gasteiger partial charge in [0.25, 0.3) is 10.1 Å². The van der Waals surface area contributed by atoms with Gasteiger partial charge in [-0.15, -0.1) is 0 Å². The van der Waals surface area contributed by atoms with E-state index in [-0.39, 0.29) is 25.0 Å². The maximum atomic E-state index is 11.7. The van der Waals surface area contributed by atoms with Crippen LogP contribution in [0.15, 0.2) is 12.7 Å². The minimum atomic E-state index is -3.87. The number of nitrogens with one attached hydrogen (secondary N) is 1. The largest absolute Gasteiger partial charge is 0.480 e. The van der Waals surface area contributed by atoms with Gasteiger partial charge >= 0.3 is 12.1 Å². The van der Waals surface area contributed by atoms with Crippen LogP contribution in [0.2, 0.25) is 0 Å². The predicted molar refractivity (Wildman–Crippen MR) is 79.9 cm³/mol. The Labute approximate surface area is 130 Å². The molecule has 0 heterocycles. The number of carbonyl (C=O) groups is 2. The SMILES string of the molecule is C=CCOC(=O)NC(CCS(=O)(=O)OCC(C)(C)C)C(=O)O. The lowest BCUT2D eigenvalue weighted by Crippen LogP contribution is -2.42. The quantitative estimate of drug-likeness (QED) is 0.478. The molecule has 0 spiro atoms. The summed E-state index contributed by atoms with van der Waals surface area (Å²) in [4.78, 5) is 22.3. The molecule has 0 rings (SSSR count). The predicted octanol–water partition coefficient (Wildman–Crippen LogP) is 1.13. The van der Waals surface area contributed by atoms with Gasteiger partial charge in [-0.1, -0.05) is 33.4 Å². The van der Waals surface area contributed by atoms with E-state index in [1.54, 1.807) is 20.8 Å². The van der Waals surface area contributed by atoms with Crippen molar-refractivity contribution in [1.29, 1.82) is 0 Å². The van der Waals surface area contributed by atoms with Gasteiger partial charge in [0.2, 0.25) is 0 Å². The molecule has 1 atom stereocenters. The van der Waals surface area contributed by atoms with Crippen molar-refractivity contribution < 1.29 is 32.0 Å². The molecule has 0 saturated heterocycles. The van der Waals surface area contributed by atoms with Crippen LogP contribution in [-0.4, -0.2) is 50.6 Å². The van der Waals surface area contributed by atoms with Crippen molar-refractivity contribution in [2.75, 3.05) is 19.0 Å². The van der Waals surface area contributed by atoms with Gasteiger partial charge < -0.3 is 15.2 Å². The van der Waals surface area contributed by atoms with Crippen LogP contribution in [0.3, 0.4) is 0 Å². The fourth-order valence-electron chi connectivity index (χ4n) is 1.16. The zero-order valence-corrected chi connectivity index (χ0v) is 13.8.